The molecule has 0 fully saturated rings. The molecule has 0 atom stereocenters. The van der Waals surface area contributed by atoms with E-state index < -0.39 is 0 Å². The average molecular weight is 927 g/mol. The Morgan fingerprint density at radius 3 is 1.46 bits per heavy atom. The van der Waals surface area contributed by atoms with Crippen LogP contribution in [-0.2, 0) is 0 Å². The first-order valence-electron chi connectivity index (χ1n) is 25.7. The number of hydrogen-bond donors (Lipinski definition) is 1. The maximum absolute atomic E-state index is 3.85. The van der Waals surface area contributed by atoms with E-state index in [2.05, 4.69) is 238 Å². The van der Waals surface area contributed by atoms with Gasteiger partial charge in [-0.2, -0.15) is 0 Å². The third-order valence-electron chi connectivity index (χ3n) is 12.4. The monoisotopic (exact) mass is 927 g/mol. The highest BCUT2D eigenvalue weighted by molar-refractivity contribution is 6.19. The summed E-state index contributed by atoms with van der Waals surface area (Å²) in [5.74, 6) is 0. The Bertz CT molecular complexity index is 3180. The lowest BCUT2D eigenvalue weighted by Crippen LogP contribution is -2.11. The molecular formula is C69H70N2. The summed E-state index contributed by atoms with van der Waals surface area (Å²) in [4.78, 5) is 6.31. The highest BCUT2D eigenvalue weighted by Crippen LogP contribution is 2.47. The zero-order valence-corrected chi connectivity index (χ0v) is 43.1. The van der Waals surface area contributed by atoms with Crippen molar-refractivity contribution < 1.29 is 0 Å². The lowest BCUT2D eigenvalue weighted by Gasteiger charge is -2.28. The third kappa shape index (κ3) is 12.1. The van der Waals surface area contributed by atoms with E-state index in [1.165, 1.54) is 84.0 Å². The molecule has 0 saturated heterocycles. The highest BCUT2D eigenvalue weighted by Gasteiger charge is 2.22. The third-order valence-corrected chi connectivity index (χ3v) is 12.4. The van der Waals surface area contributed by atoms with E-state index in [1.807, 2.05) is 64.1 Å². The molecule has 0 spiro atoms. The van der Waals surface area contributed by atoms with Crippen LogP contribution in [0.1, 0.15) is 78.9 Å². The molecule has 0 radical (unpaired) electrons. The van der Waals surface area contributed by atoms with Crippen LogP contribution in [0.25, 0.3) is 71.9 Å². The molecule has 2 heteroatoms. The van der Waals surface area contributed by atoms with Crippen LogP contribution in [0.4, 0.5) is 17.1 Å². The van der Waals surface area contributed by atoms with Crippen molar-refractivity contribution in [3.8, 4) is 44.5 Å². The lowest BCUT2D eigenvalue weighted by atomic mass is 9.88. The van der Waals surface area contributed by atoms with E-state index in [9.17, 15) is 0 Å². The fourth-order valence-corrected chi connectivity index (χ4v) is 9.25. The molecule has 0 amide bonds. The van der Waals surface area contributed by atoms with Gasteiger partial charge in [0.15, 0.2) is 0 Å². The van der Waals surface area contributed by atoms with Gasteiger partial charge in [-0.3, -0.25) is 0 Å². The van der Waals surface area contributed by atoms with Gasteiger partial charge in [0, 0.05) is 33.2 Å². The van der Waals surface area contributed by atoms with Crippen LogP contribution >= 0.6 is 0 Å². The molecule has 1 N–H and O–H groups in total. The number of allylic oxidation sites excluding steroid dienone is 4. The molecule has 0 saturated carbocycles. The second kappa shape index (κ2) is 25.6. The summed E-state index contributed by atoms with van der Waals surface area (Å²) < 4.78 is 0. The van der Waals surface area contributed by atoms with E-state index in [0.29, 0.717) is 0 Å². The van der Waals surface area contributed by atoms with Gasteiger partial charge in [-0.15, -0.1) is 0 Å². The zero-order valence-electron chi connectivity index (χ0n) is 43.1. The first kappa shape index (κ1) is 50.9. The number of fused-ring (bicyclic) bond motifs is 3. The number of aryl methyl sites for hydroxylation is 1. The summed E-state index contributed by atoms with van der Waals surface area (Å²) in [7, 11) is 0. The second-order valence-electron chi connectivity index (χ2n) is 17.3. The summed E-state index contributed by atoms with van der Waals surface area (Å²) in [5, 5.41) is 2.39. The van der Waals surface area contributed by atoms with E-state index in [0.717, 1.165) is 40.9 Å². The Morgan fingerprint density at radius 2 is 0.915 bits per heavy atom. The number of aromatic amines is 1. The van der Waals surface area contributed by atoms with Gasteiger partial charge >= 0.3 is 0 Å². The topological polar surface area (TPSA) is 19.0 Å². The predicted octanol–water partition coefficient (Wildman–Crippen LogP) is 21.0. The largest absolute Gasteiger partial charge is 0.354 e. The summed E-state index contributed by atoms with van der Waals surface area (Å²) in [6, 6.07) is 80.6. The molecule has 1 aliphatic rings. The minimum absolute atomic E-state index is 1.09. The van der Waals surface area contributed by atoms with Gasteiger partial charge in [0.1, 0.15) is 0 Å². The molecule has 10 aromatic rings. The van der Waals surface area contributed by atoms with Crippen LogP contribution < -0.4 is 4.90 Å². The zero-order chi connectivity index (χ0) is 50.0. The summed E-state index contributed by atoms with van der Waals surface area (Å²) in [6.45, 7) is 16.7. The Balaban J connectivity index is 0.000000511. The molecule has 356 valence electrons. The Kier molecular flexibility index (Phi) is 18.4. The van der Waals surface area contributed by atoms with Crippen molar-refractivity contribution in [2.24, 2.45) is 0 Å². The van der Waals surface area contributed by atoms with Crippen molar-refractivity contribution in [3.05, 3.63) is 253 Å². The predicted molar refractivity (Wildman–Crippen MR) is 313 cm³/mol. The number of H-pyrrole nitrogens is 1. The Morgan fingerprint density at radius 1 is 0.437 bits per heavy atom. The molecule has 2 nitrogen and oxygen atoms in total. The molecule has 9 aromatic carbocycles. The fourth-order valence-electron chi connectivity index (χ4n) is 9.25. The van der Waals surface area contributed by atoms with E-state index >= 15 is 0 Å². The minimum atomic E-state index is 1.09. The fraction of sp³-hybridized carbons (Fsp3) is 0.159. The molecule has 0 unspecified atom stereocenters. The van der Waals surface area contributed by atoms with Gasteiger partial charge in [0.2, 0.25) is 0 Å². The molecule has 1 aromatic heterocycles. The van der Waals surface area contributed by atoms with Crippen molar-refractivity contribution in [3.63, 3.8) is 0 Å². The van der Waals surface area contributed by atoms with Crippen molar-refractivity contribution in [1.29, 1.82) is 0 Å². The number of nitrogens with zero attached hydrogens (tertiary/aromatic N) is 1. The van der Waals surface area contributed by atoms with Crippen molar-refractivity contribution in [1.82, 2.24) is 4.98 Å². The molecular weight excluding hydrogens is 857 g/mol. The summed E-state index contributed by atoms with van der Waals surface area (Å²) >= 11 is 0. The summed E-state index contributed by atoms with van der Waals surface area (Å²) in [6.07, 6.45) is 8.01. The molecule has 0 bridgehead atoms. The Hall–Kier alpha value is -7.94. The first-order chi connectivity index (χ1) is 35.0. The second-order valence-corrected chi connectivity index (χ2v) is 17.3. The maximum Gasteiger partial charge on any atom is 0.0565 e. The first-order valence-corrected chi connectivity index (χ1v) is 25.7. The number of para-hydroxylation sites is 1. The minimum Gasteiger partial charge on any atom is -0.354 e. The van der Waals surface area contributed by atoms with Gasteiger partial charge in [-0.05, 0) is 130 Å². The van der Waals surface area contributed by atoms with Crippen LogP contribution in [-0.4, -0.2) is 4.98 Å². The molecule has 11 rings (SSSR count). The van der Waals surface area contributed by atoms with E-state index in [-0.39, 0.29) is 0 Å². The van der Waals surface area contributed by atoms with Crippen molar-refractivity contribution >= 4 is 44.4 Å². The van der Waals surface area contributed by atoms with Crippen LogP contribution in [0.15, 0.2) is 242 Å². The average Bonchev–Trinajstić information content (AvgIpc) is 3.84. The van der Waals surface area contributed by atoms with Crippen molar-refractivity contribution in [2.45, 2.75) is 74.7 Å². The van der Waals surface area contributed by atoms with Gasteiger partial charge < -0.3 is 9.88 Å². The van der Waals surface area contributed by atoms with Gasteiger partial charge in [-0.1, -0.05) is 242 Å². The number of anilines is 3. The van der Waals surface area contributed by atoms with Crippen LogP contribution in [0, 0.1) is 6.92 Å². The SMILES string of the molecule is CC.CC.CC1=C(c2ccc(-c3ccc(N(c4cc(-c5ccccc5)cc(-c5ccccc5)c4)c4ccc(-c5ccccc5)c5[nH]c6ccccc6c45)cc3)cc2C)CCC=C1.CCC.c1ccccc1. The quantitative estimate of drug-likeness (QED) is 0.161. The highest BCUT2D eigenvalue weighted by atomic mass is 15.1. The number of nitrogens with one attached hydrogen (secondary N) is 1. The van der Waals surface area contributed by atoms with Gasteiger partial charge in [0.05, 0.1) is 11.2 Å². The number of hydrogen-bond acceptors (Lipinski definition) is 1. The number of aromatic nitrogens is 1. The molecule has 1 heterocycles. The van der Waals surface area contributed by atoms with Gasteiger partial charge in [0.25, 0.3) is 0 Å². The van der Waals surface area contributed by atoms with Crippen molar-refractivity contribution in [2.75, 3.05) is 4.90 Å². The number of benzene rings is 9. The van der Waals surface area contributed by atoms with Crippen LogP contribution in [0.2, 0.25) is 0 Å². The molecule has 0 aliphatic heterocycles. The number of rotatable bonds is 8. The Labute approximate surface area is 424 Å². The normalized spacial score (nSPS) is 11.5. The van der Waals surface area contributed by atoms with E-state index in [1.54, 1.807) is 0 Å². The molecule has 71 heavy (non-hydrogen) atoms. The van der Waals surface area contributed by atoms with Crippen LogP contribution in [0.3, 0.4) is 0 Å². The molecule has 1 aliphatic carbocycles. The van der Waals surface area contributed by atoms with Gasteiger partial charge in [-0.25, -0.2) is 0 Å². The maximum atomic E-state index is 3.85. The van der Waals surface area contributed by atoms with Crippen LogP contribution in [0.5, 0.6) is 0 Å². The van der Waals surface area contributed by atoms with E-state index in [4.69, 9.17) is 0 Å². The summed E-state index contributed by atoms with van der Waals surface area (Å²) in [5.41, 5.74) is 20.6. The smallest absolute Gasteiger partial charge is 0.0565 e. The standard InChI is InChI=1S/C56H44N2.C6H6.C3H8.2C2H6/c1-38-16-12-13-23-49(38)50-31-28-44(34-39(50)2)42-26-29-47(30-27-42)58(48-36-45(40-17-6-3-7-18-40)35-46(37-48)41-19-8-4-9-20-41)54-33-32-51(43-21-10-5-11-22-43)56-55(54)52-24-14-15-25-53(52)57-56;1-2-4-6-5-3-1;1-3-2;2*1-2/h3-12,14-22,24-37,57H,13,23H2,1-2H3;1-6H;3H2,1-2H3;2*1-2H3. The lowest BCUT2D eigenvalue weighted by molar-refractivity contribution is 1.03.